The quantitative estimate of drug-likeness (QED) is 0.308. The van der Waals surface area contributed by atoms with Crippen LogP contribution in [0.3, 0.4) is 0 Å². The van der Waals surface area contributed by atoms with Gasteiger partial charge in [-0.15, -0.1) is 5.10 Å². The van der Waals surface area contributed by atoms with E-state index in [-0.39, 0.29) is 5.91 Å². The van der Waals surface area contributed by atoms with Gasteiger partial charge in [-0.25, -0.2) is 20.1 Å². The smallest absolute Gasteiger partial charge is 0.253 e. The summed E-state index contributed by atoms with van der Waals surface area (Å²) in [7, 11) is 3.42. The first kappa shape index (κ1) is 23.9. The molecule has 0 radical (unpaired) electrons. The average Bonchev–Trinajstić information content (AvgIpc) is 3.46. The molecule has 184 valence electrons. The lowest BCUT2D eigenvalue weighted by molar-refractivity contribution is 0.0827. The van der Waals surface area contributed by atoms with Crippen molar-refractivity contribution in [3.8, 4) is 22.9 Å². The van der Waals surface area contributed by atoms with Crippen LogP contribution < -0.4 is 10.1 Å². The second kappa shape index (κ2) is 10.8. The van der Waals surface area contributed by atoms with Crippen molar-refractivity contribution in [1.82, 2.24) is 40.5 Å². The molecule has 12 heteroatoms. The highest BCUT2D eigenvalue weighted by molar-refractivity contribution is 7.99. The first-order valence-corrected chi connectivity index (χ1v) is 11.9. The van der Waals surface area contributed by atoms with Crippen LogP contribution >= 0.6 is 11.8 Å². The Hall–Kier alpha value is -4.84. The van der Waals surface area contributed by atoms with Crippen molar-refractivity contribution in [2.75, 3.05) is 19.4 Å². The second-order valence-corrected chi connectivity index (χ2v) is 9.01. The van der Waals surface area contributed by atoms with Crippen LogP contribution in [0, 0.1) is 0 Å². The van der Waals surface area contributed by atoms with Crippen molar-refractivity contribution < 1.29 is 9.53 Å². The number of pyridine rings is 3. The fourth-order valence-corrected chi connectivity index (χ4v) is 4.02. The van der Waals surface area contributed by atoms with Crippen LogP contribution in [0.4, 0.5) is 11.6 Å². The number of amides is 1. The minimum absolute atomic E-state index is 0.0834. The normalized spacial score (nSPS) is 10.6. The second-order valence-electron chi connectivity index (χ2n) is 7.92. The zero-order chi connectivity index (χ0) is 25.6. The Balaban J connectivity index is 1.41. The van der Waals surface area contributed by atoms with Crippen LogP contribution in [-0.4, -0.2) is 60.5 Å². The molecule has 4 aromatic heterocycles. The van der Waals surface area contributed by atoms with Crippen LogP contribution in [0.15, 0.2) is 89.2 Å². The molecular weight excluding hydrogens is 490 g/mol. The Morgan fingerprint density at radius 2 is 1.86 bits per heavy atom. The molecule has 0 saturated carbocycles. The van der Waals surface area contributed by atoms with Crippen molar-refractivity contribution >= 4 is 29.3 Å². The molecule has 0 fully saturated rings. The molecule has 0 bridgehead atoms. The van der Waals surface area contributed by atoms with E-state index in [0.29, 0.717) is 34.5 Å². The molecule has 0 aliphatic carbocycles. The van der Waals surface area contributed by atoms with Gasteiger partial charge in [0.15, 0.2) is 17.4 Å². The maximum Gasteiger partial charge on any atom is 0.253 e. The van der Waals surface area contributed by atoms with Crippen LogP contribution in [0.2, 0.25) is 0 Å². The number of carbonyl (C=O) groups is 1. The number of rotatable bonds is 8. The third-order valence-electron chi connectivity index (χ3n) is 5.05. The predicted molar refractivity (Wildman–Crippen MR) is 138 cm³/mol. The lowest BCUT2D eigenvalue weighted by Gasteiger charge is -2.14. The van der Waals surface area contributed by atoms with Crippen molar-refractivity contribution in [3.63, 3.8) is 0 Å². The van der Waals surface area contributed by atoms with Gasteiger partial charge in [-0.3, -0.25) is 4.79 Å². The number of anilines is 2. The zero-order valence-electron chi connectivity index (χ0n) is 19.9. The van der Waals surface area contributed by atoms with E-state index in [0.717, 1.165) is 15.5 Å². The summed E-state index contributed by atoms with van der Waals surface area (Å²) in [4.78, 5) is 28.0. The van der Waals surface area contributed by atoms with Crippen LogP contribution in [0.5, 0.6) is 11.5 Å². The van der Waals surface area contributed by atoms with Gasteiger partial charge in [0.2, 0.25) is 0 Å². The van der Waals surface area contributed by atoms with E-state index in [1.165, 1.54) is 16.7 Å². The molecule has 4 heterocycles. The molecule has 0 atom stereocenters. The van der Waals surface area contributed by atoms with E-state index in [9.17, 15) is 4.79 Å². The summed E-state index contributed by atoms with van der Waals surface area (Å²) in [5, 5.41) is 17.8. The fourth-order valence-electron chi connectivity index (χ4n) is 3.24. The van der Waals surface area contributed by atoms with E-state index < -0.39 is 0 Å². The van der Waals surface area contributed by atoms with Gasteiger partial charge in [-0.2, -0.15) is 0 Å². The zero-order valence-corrected chi connectivity index (χ0v) is 20.7. The minimum atomic E-state index is -0.0834. The van der Waals surface area contributed by atoms with Crippen molar-refractivity contribution in [2.45, 2.75) is 9.92 Å². The molecule has 0 saturated heterocycles. The number of H-pyrrole nitrogens is 1. The van der Waals surface area contributed by atoms with E-state index in [4.69, 9.17) is 4.74 Å². The summed E-state index contributed by atoms with van der Waals surface area (Å²) < 4.78 is 6.19. The topological polar surface area (TPSA) is 135 Å². The Labute approximate surface area is 216 Å². The first-order chi connectivity index (χ1) is 18.0. The van der Waals surface area contributed by atoms with E-state index in [2.05, 4.69) is 40.9 Å². The molecule has 0 aliphatic rings. The Morgan fingerprint density at radius 1 is 1.00 bits per heavy atom. The van der Waals surface area contributed by atoms with E-state index >= 15 is 0 Å². The molecular formula is C25H21N9O2S. The van der Waals surface area contributed by atoms with Crippen LogP contribution in [0.25, 0.3) is 11.4 Å². The van der Waals surface area contributed by atoms with Gasteiger partial charge < -0.3 is 15.0 Å². The highest BCUT2D eigenvalue weighted by Crippen LogP contribution is 2.35. The Morgan fingerprint density at radius 3 is 2.54 bits per heavy atom. The number of hydrogen-bond acceptors (Lipinski definition) is 10. The van der Waals surface area contributed by atoms with Crippen LogP contribution in [0.1, 0.15) is 10.4 Å². The maximum absolute atomic E-state index is 12.2. The average molecular weight is 512 g/mol. The largest absolute Gasteiger partial charge is 0.453 e. The van der Waals surface area contributed by atoms with Crippen molar-refractivity contribution in [1.29, 1.82) is 0 Å². The monoisotopic (exact) mass is 511 g/mol. The summed E-state index contributed by atoms with van der Waals surface area (Å²) in [6.07, 6.45) is 5.13. The highest BCUT2D eigenvalue weighted by atomic mass is 32.2. The molecule has 0 unspecified atom stereocenters. The molecule has 0 spiro atoms. The minimum Gasteiger partial charge on any atom is -0.453 e. The van der Waals surface area contributed by atoms with Gasteiger partial charge in [0.1, 0.15) is 16.6 Å². The molecule has 1 aromatic carbocycles. The third kappa shape index (κ3) is 5.87. The van der Waals surface area contributed by atoms with Crippen molar-refractivity contribution in [3.05, 3.63) is 84.8 Å². The molecule has 5 rings (SSSR count). The van der Waals surface area contributed by atoms with Gasteiger partial charge in [-0.1, -0.05) is 17.8 Å². The van der Waals surface area contributed by atoms with Gasteiger partial charge in [0, 0.05) is 54.8 Å². The summed E-state index contributed by atoms with van der Waals surface area (Å²) in [5.41, 5.74) is 1.31. The molecule has 2 N–H and O–H groups in total. The van der Waals surface area contributed by atoms with Gasteiger partial charge in [0.25, 0.3) is 5.91 Å². The van der Waals surface area contributed by atoms with E-state index in [1.54, 1.807) is 63.0 Å². The number of aromatic nitrogens is 7. The number of hydrogen-bond donors (Lipinski definition) is 2. The molecule has 5 aromatic rings. The van der Waals surface area contributed by atoms with Gasteiger partial charge >= 0.3 is 0 Å². The SMILES string of the molecule is CN(C)C(=O)c1ccc(Oc2cc(Sc3ccccn3)cnc2Nc2ccc(-c3nnn[nH]3)cn2)cc1. The molecule has 11 nitrogen and oxygen atoms in total. The predicted octanol–water partition coefficient (Wildman–Crippen LogP) is 4.44. The maximum atomic E-state index is 12.2. The standard InChI is InChI=1S/C25H21N9O2S/c1-34(2)25(35)16-6-9-18(10-7-16)36-20-13-19(37-22-5-3-4-12-26-22)15-28-24(20)29-21-11-8-17(14-27-21)23-30-32-33-31-23/h3-15H,1-2H3,(H,27,28,29)(H,30,31,32,33). The summed E-state index contributed by atoms with van der Waals surface area (Å²) in [6.45, 7) is 0. The Kier molecular flexibility index (Phi) is 6.99. The van der Waals surface area contributed by atoms with Gasteiger partial charge in [-0.05, 0) is 59.0 Å². The number of tetrazole rings is 1. The van der Waals surface area contributed by atoms with Gasteiger partial charge in [0.05, 0.1) is 0 Å². The molecule has 0 aliphatic heterocycles. The lowest BCUT2D eigenvalue weighted by Crippen LogP contribution is -2.21. The summed E-state index contributed by atoms with van der Waals surface area (Å²) >= 11 is 1.47. The molecule has 37 heavy (non-hydrogen) atoms. The number of aromatic amines is 1. The highest BCUT2D eigenvalue weighted by Gasteiger charge is 2.13. The summed E-state index contributed by atoms with van der Waals surface area (Å²) in [5.74, 6) is 2.51. The number of benzene rings is 1. The Bertz CT molecular complexity index is 1480. The third-order valence-corrected chi connectivity index (χ3v) is 5.96. The van der Waals surface area contributed by atoms with Crippen LogP contribution in [-0.2, 0) is 0 Å². The lowest BCUT2D eigenvalue weighted by atomic mass is 10.2. The number of nitrogens with one attached hydrogen (secondary N) is 2. The summed E-state index contributed by atoms with van der Waals surface area (Å²) in [6, 6.07) is 18.2. The molecule has 1 amide bonds. The van der Waals surface area contributed by atoms with Crippen molar-refractivity contribution in [2.24, 2.45) is 0 Å². The fraction of sp³-hybridized carbons (Fsp3) is 0.0800. The number of nitrogens with zero attached hydrogens (tertiary/aromatic N) is 7. The van der Waals surface area contributed by atoms with E-state index in [1.807, 2.05) is 30.3 Å². The first-order valence-electron chi connectivity index (χ1n) is 11.1. The number of ether oxygens (including phenoxy) is 1. The number of carbonyl (C=O) groups excluding carboxylic acids is 1.